The predicted molar refractivity (Wildman–Crippen MR) is 168 cm³/mol. The van der Waals surface area contributed by atoms with Gasteiger partial charge in [0.15, 0.2) is 0 Å². The zero-order valence-electron chi connectivity index (χ0n) is 22.4. The van der Waals surface area contributed by atoms with Gasteiger partial charge in [0.25, 0.3) is 0 Å². The van der Waals surface area contributed by atoms with Crippen molar-refractivity contribution in [3.63, 3.8) is 0 Å². The molecule has 1 aliphatic carbocycles. The van der Waals surface area contributed by atoms with Gasteiger partial charge in [0.05, 0.1) is 5.69 Å². The highest BCUT2D eigenvalue weighted by molar-refractivity contribution is 6.24. The number of fused-ring (bicyclic) bond motifs is 6. The maximum atomic E-state index is 6.67. The highest BCUT2D eigenvalue weighted by Crippen LogP contribution is 2.45. The largest absolute Gasteiger partial charge is 0.456 e. The Bertz CT molecular complexity index is 1960. The molecule has 0 unspecified atom stereocenters. The van der Waals surface area contributed by atoms with Crippen molar-refractivity contribution in [2.75, 3.05) is 18.0 Å². The van der Waals surface area contributed by atoms with Crippen molar-refractivity contribution in [2.24, 2.45) is 0 Å². The number of anilines is 2. The number of benzene rings is 5. The zero-order valence-corrected chi connectivity index (χ0v) is 22.4. The summed E-state index contributed by atoms with van der Waals surface area (Å²) in [5, 5.41) is 8.42. The Labute approximate surface area is 234 Å². The lowest BCUT2D eigenvalue weighted by Gasteiger charge is -2.31. The van der Waals surface area contributed by atoms with Crippen LogP contribution in [-0.2, 0) is 6.42 Å². The van der Waals surface area contributed by atoms with Crippen molar-refractivity contribution in [3.05, 3.63) is 132 Å². The second-order valence-corrected chi connectivity index (χ2v) is 10.8. The smallest absolute Gasteiger partial charge is 0.138 e. The molecule has 0 amide bonds. The highest BCUT2D eigenvalue weighted by Gasteiger charge is 2.24. The van der Waals surface area contributed by atoms with E-state index in [0.29, 0.717) is 0 Å². The fourth-order valence-corrected chi connectivity index (χ4v) is 6.59. The molecule has 0 atom stereocenters. The lowest BCUT2D eigenvalue weighted by Crippen LogP contribution is -2.21. The molecule has 40 heavy (non-hydrogen) atoms. The first-order valence-corrected chi connectivity index (χ1v) is 14.3. The monoisotopic (exact) mass is 518 g/mol. The zero-order chi connectivity index (χ0) is 26.5. The van der Waals surface area contributed by atoms with Gasteiger partial charge < -0.3 is 14.6 Å². The van der Waals surface area contributed by atoms with Gasteiger partial charge in [-0.25, -0.2) is 0 Å². The highest BCUT2D eigenvalue weighted by atomic mass is 16.3. The molecule has 3 heteroatoms. The van der Waals surface area contributed by atoms with E-state index in [0.717, 1.165) is 54.9 Å². The number of hydrogen-bond donors (Lipinski definition) is 1. The van der Waals surface area contributed by atoms with Gasteiger partial charge >= 0.3 is 0 Å². The third-order valence-corrected chi connectivity index (χ3v) is 8.43. The van der Waals surface area contributed by atoms with Gasteiger partial charge in [0, 0.05) is 40.2 Å². The number of rotatable bonds is 4. The van der Waals surface area contributed by atoms with E-state index < -0.39 is 0 Å². The molecule has 6 aromatic rings. The van der Waals surface area contributed by atoms with E-state index >= 15 is 0 Å². The molecule has 2 aliphatic rings. The van der Waals surface area contributed by atoms with Crippen molar-refractivity contribution >= 4 is 55.7 Å². The molecule has 0 saturated carbocycles. The average Bonchev–Trinajstić information content (AvgIpc) is 3.41. The Hall–Kier alpha value is -4.60. The van der Waals surface area contributed by atoms with E-state index in [4.69, 9.17) is 4.42 Å². The summed E-state index contributed by atoms with van der Waals surface area (Å²) in [6.45, 7) is 1.92. The SMILES string of the molecule is C1=C(c2cccc3oc4cc(N(C5=Cc6ccccc6CC5)c5ccccc5)c5ccccc5c4c23)CNCC1. The molecule has 5 aromatic carbocycles. The van der Waals surface area contributed by atoms with Gasteiger partial charge in [-0.05, 0) is 77.7 Å². The summed E-state index contributed by atoms with van der Waals surface area (Å²) in [6, 6.07) is 37.1. The molecule has 2 heterocycles. The third kappa shape index (κ3) is 3.77. The van der Waals surface area contributed by atoms with Gasteiger partial charge in [-0.2, -0.15) is 0 Å². The topological polar surface area (TPSA) is 28.4 Å². The Balaban J connectivity index is 1.42. The molecule has 0 radical (unpaired) electrons. The summed E-state index contributed by atoms with van der Waals surface area (Å²) in [5.74, 6) is 0. The van der Waals surface area contributed by atoms with Crippen molar-refractivity contribution in [1.82, 2.24) is 5.32 Å². The van der Waals surface area contributed by atoms with Crippen LogP contribution >= 0.6 is 0 Å². The van der Waals surface area contributed by atoms with Gasteiger partial charge in [-0.3, -0.25) is 0 Å². The molecule has 0 saturated heterocycles. The van der Waals surface area contributed by atoms with E-state index in [2.05, 4.69) is 125 Å². The normalized spacial score (nSPS) is 15.2. The van der Waals surface area contributed by atoms with Crippen LogP contribution in [0, 0.1) is 0 Å². The van der Waals surface area contributed by atoms with Crippen LogP contribution in [0.4, 0.5) is 11.4 Å². The van der Waals surface area contributed by atoms with Crippen LogP contribution in [-0.4, -0.2) is 13.1 Å². The van der Waals surface area contributed by atoms with Crippen molar-refractivity contribution in [1.29, 1.82) is 0 Å². The van der Waals surface area contributed by atoms with Crippen LogP contribution in [0.5, 0.6) is 0 Å². The van der Waals surface area contributed by atoms with E-state index in [1.807, 2.05) is 0 Å². The minimum absolute atomic E-state index is 0.888. The Morgan fingerprint density at radius 3 is 2.40 bits per heavy atom. The molecule has 8 rings (SSSR count). The third-order valence-electron chi connectivity index (χ3n) is 8.43. The number of furan rings is 1. The predicted octanol–water partition coefficient (Wildman–Crippen LogP) is 9.24. The number of nitrogens with one attached hydrogen (secondary N) is 1. The number of allylic oxidation sites excluding steroid dienone is 1. The van der Waals surface area contributed by atoms with Crippen LogP contribution in [0.25, 0.3) is 44.4 Å². The standard InChI is InChI=1S/C37H30N2O/c1-2-13-28(14-3-1)39(29-20-19-25-10-4-5-11-26(25)22-29)33-23-35-37(32-16-7-6-15-31(32)33)36-30(17-8-18-34(36)40-35)27-12-9-21-38-24-27/h1-8,10-18,22-23,38H,9,19-21,24H2. The van der Waals surface area contributed by atoms with Crippen LogP contribution in [0.1, 0.15) is 29.5 Å². The van der Waals surface area contributed by atoms with Gasteiger partial charge in [-0.1, -0.05) is 84.9 Å². The van der Waals surface area contributed by atoms with Crippen LogP contribution in [0.2, 0.25) is 0 Å². The van der Waals surface area contributed by atoms with E-state index in [-0.39, 0.29) is 0 Å². The van der Waals surface area contributed by atoms with Gasteiger partial charge in [-0.15, -0.1) is 0 Å². The van der Waals surface area contributed by atoms with Crippen molar-refractivity contribution in [3.8, 4) is 0 Å². The van der Waals surface area contributed by atoms with Crippen LogP contribution in [0.3, 0.4) is 0 Å². The maximum absolute atomic E-state index is 6.67. The Morgan fingerprint density at radius 2 is 1.52 bits per heavy atom. The minimum atomic E-state index is 0.888. The molecule has 3 nitrogen and oxygen atoms in total. The van der Waals surface area contributed by atoms with Crippen LogP contribution in [0.15, 0.2) is 119 Å². The Morgan fingerprint density at radius 1 is 0.700 bits per heavy atom. The van der Waals surface area contributed by atoms with E-state index in [1.54, 1.807) is 0 Å². The van der Waals surface area contributed by atoms with E-state index in [9.17, 15) is 0 Å². The molecule has 1 N–H and O–H groups in total. The second-order valence-electron chi connectivity index (χ2n) is 10.8. The van der Waals surface area contributed by atoms with E-state index in [1.165, 1.54) is 49.5 Å². The molecule has 0 bridgehead atoms. The lowest BCUT2D eigenvalue weighted by atomic mass is 9.93. The average molecular weight is 519 g/mol. The lowest BCUT2D eigenvalue weighted by molar-refractivity contribution is 0.669. The summed E-state index contributed by atoms with van der Waals surface area (Å²) < 4.78 is 6.67. The second kappa shape index (κ2) is 9.55. The molecular formula is C37H30N2O. The minimum Gasteiger partial charge on any atom is -0.456 e. The number of hydrogen-bond acceptors (Lipinski definition) is 3. The summed E-state index contributed by atoms with van der Waals surface area (Å²) in [4.78, 5) is 2.44. The number of nitrogens with zero attached hydrogens (tertiary/aromatic N) is 1. The number of aryl methyl sites for hydroxylation is 1. The molecule has 0 fully saturated rings. The summed E-state index contributed by atoms with van der Waals surface area (Å²) >= 11 is 0. The fraction of sp³-hybridized carbons (Fsp3) is 0.135. The molecule has 1 aromatic heterocycles. The molecule has 0 spiro atoms. The summed E-state index contributed by atoms with van der Waals surface area (Å²) in [6.07, 6.45) is 7.80. The van der Waals surface area contributed by atoms with Crippen molar-refractivity contribution < 1.29 is 4.42 Å². The Kier molecular flexibility index (Phi) is 5.56. The first-order valence-electron chi connectivity index (χ1n) is 14.3. The molecular weight excluding hydrogens is 488 g/mol. The van der Waals surface area contributed by atoms with Gasteiger partial charge in [0.1, 0.15) is 11.2 Å². The summed E-state index contributed by atoms with van der Waals surface area (Å²) in [7, 11) is 0. The molecule has 194 valence electrons. The van der Waals surface area contributed by atoms with Gasteiger partial charge in [0.2, 0.25) is 0 Å². The van der Waals surface area contributed by atoms with Crippen LogP contribution < -0.4 is 10.2 Å². The maximum Gasteiger partial charge on any atom is 0.138 e. The quantitative estimate of drug-likeness (QED) is 0.252. The number of para-hydroxylation sites is 1. The first-order chi connectivity index (χ1) is 19.8. The van der Waals surface area contributed by atoms with Crippen molar-refractivity contribution in [2.45, 2.75) is 19.3 Å². The molecule has 1 aliphatic heterocycles. The summed E-state index contributed by atoms with van der Waals surface area (Å²) in [5.41, 5.74) is 10.8. The first kappa shape index (κ1) is 23.3. The fourth-order valence-electron chi connectivity index (χ4n) is 6.59.